The van der Waals surface area contributed by atoms with Crippen LogP contribution in [-0.4, -0.2) is 66.6 Å². The van der Waals surface area contributed by atoms with Gasteiger partial charge in [-0.3, -0.25) is 4.79 Å². The van der Waals surface area contributed by atoms with Gasteiger partial charge in [-0.2, -0.15) is 0 Å². The van der Waals surface area contributed by atoms with Gasteiger partial charge in [0.05, 0.1) is 24.0 Å². The average Bonchev–Trinajstić information content (AvgIpc) is 3.55. The number of aromatic nitrogens is 2. The van der Waals surface area contributed by atoms with Gasteiger partial charge in [0, 0.05) is 6.04 Å². The highest BCUT2D eigenvalue weighted by Crippen LogP contribution is 2.31. The zero-order valence-electron chi connectivity index (χ0n) is 19.3. The number of rotatable bonds is 5. The van der Waals surface area contributed by atoms with Gasteiger partial charge in [-0.25, -0.2) is 4.98 Å². The van der Waals surface area contributed by atoms with Gasteiger partial charge in [0.1, 0.15) is 5.82 Å². The monoisotopic (exact) mass is 429 g/mol. The van der Waals surface area contributed by atoms with Crippen molar-refractivity contribution >= 4 is 27.4 Å². The fourth-order valence-corrected chi connectivity index (χ4v) is 5.54. The van der Waals surface area contributed by atoms with E-state index in [1.54, 1.807) is 0 Å². The Morgan fingerprint density at radius 3 is 2.44 bits per heavy atom. The summed E-state index contributed by atoms with van der Waals surface area (Å²) in [5.41, 5.74) is 4.93. The lowest BCUT2D eigenvalue weighted by Crippen LogP contribution is -2.46. The molecular formula is C24H33B2N5O. The number of amides is 1. The van der Waals surface area contributed by atoms with Gasteiger partial charge >= 0.3 is 0 Å². The van der Waals surface area contributed by atoms with E-state index >= 15 is 0 Å². The number of allylic oxidation sites excluding steroid dienone is 1. The lowest BCUT2D eigenvalue weighted by Gasteiger charge is -2.26. The number of carbonyl (C=O) groups is 1. The van der Waals surface area contributed by atoms with Gasteiger partial charge in [0.15, 0.2) is 16.0 Å². The van der Waals surface area contributed by atoms with E-state index in [9.17, 15) is 4.79 Å². The summed E-state index contributed by atoms with van der Waals surface area (Å²) in [5, 5.41) is 3.28. The molecule has 5 rings (SSSR count). The van der Waals surface area contributed by atoms with Crippen molar-refractivity contribution in [1.82, 2.24) is 24.9 Å². The maximum absolute atomic E-state index is 12.6. The van der Waals surface area contributed by atoms with E-state index in [-0.39, 0.29) is 18.0 Å². The molecule has 0 spiro atoms. The third-order valence-corrected chi connectivity index (χ3v) is 7.58. The van der Waals surface area contributed by atoms with Crippen molar-refractivity contribution in [3.63, 3.8) is 0 Å². The van der Waals surface area contributed by atoms with Crippen LogP contribution < -0.4 is 5.32 Å². The molecule has 3 unspecified atom stereocenters. The number of nitrogens with zero attached hydrogens (tertiary/aromatic N) is 3. The smallest absolute Gasteiger partial charge is 0.236 e. The van der Waals surface area contributed by atoms with Crippen LogP contribution in [0.25, 0.3) is 16.8 Å². The Morgan fingerprint density at radius 1 is 1.03 bits per heavy atom. The van der Waals surface area contributed by atoms with Crippen molar-refractivity contribution in [2.45, 2.75) is 63.1 Å². The highest BCUT2D eigenvalue weighted by atomic mass is 16.2. The first-order chi connectivity index (χ1) is 15.6. The van der Waals surface area contributed by atoms with Crippen LogP contribution in [0, 0.1) is 0 Å². The zero-order chi connectivity index (χ0) is 22.1. The SMILES string of the molecule is BN1CCCC1C(=O)NC1CC=C(c2ccc(-c3cnc(C4CCCN4B)[nH]3)cc2)CC1. The van der Waals surface area contributed by atoms with E-state index in [2.05, 4.69) is 71.2 Å². The molecule has 0 saturated carbocycles. The summed E-state index contributed by atoms with van der Waals surface area (Å²) in [6.07, 6.45) is 11.7. The molecule has 3 heterocycles. The van der Waals surface area contributed by atoms with Crippen LogP contribution >= 0.6 is 0 Å². The topological polar surface area (TPSA) is 64.3 Å². The first-order valence-corrected chi connectivity index (χ1v) is 12.1. The Kier molecular flexibility index (Phi) is 6.24. The molecule has 166 valence electrons. The number of hydrogen-bond acceptors (Lipinski definition) is 4. The molecule has 3 aliphatic rings. The van der Waals surface area contributed by atoms with E-state index in [0.717, 1.165) is 56.7 Å². The molecule has 32 heavy (non-hydrogen) atoms. The van der Waals surface area contributed by atoms with Crippen molar-refractivity contribution in [2.24, 2.45) is 0 Å². The van der Waals surface area contributed by atoms with E-state index in [4.69, 9.17) is 0 Å². The normalized spacial score (nSPS) is 26.9. The minimum atomic E-state index is 0.0602. The third-order valence-electron chi connectivity index (χ3n) is 7.58. The van der Waals surface area contributed by atoms with E-state index in [1.807, 2.05) is 6.20 Å². The van der Waals surface area contributed by atoms with Crippen LogP contribution in [0.1, 0.15) is 62.4 Å². The maximum atomic E-state index is 12.6. The lowest BCUT2D eigenvalue weighted by molar-refractivity contribution is -0.124. The Balaban J connectivity index is 1.19. The first-order valence-electron chi connectivity index (χ1n) is 12.1. The molecule has 1 aromatic carbocycles. The molecule has 1 aromatic heterocycles. The molecule has 0 bridgehead atoms. The molecular weight excluding hydrogens is 396 g/mol. The molecule has 2 aromatic rings. The average molecular weight is 429 g/mol. The summed E-state index contributed by atoms with van der Waals surface area (Å²) >= 11 is 0. The molecule has 0 radical (unpaired) electrons. The fraction of sp³-hybridized carbons (Fsp3) is 0.500. The second-order valence-corrected chi connectivity index (χ2v) is 9.75. The molecule has 3 atom stereocenters. The Hall–Kier alpha value is -2.31. The van der Waals surface area contributed by atoms with Crippen molar-refractivity contribution in [2.75, 3.05) is 13.1 Å². The van der Waals surface area contributed by atoms with Crippen LogP contribution in [0.3, 0.4) is 0 Å². The molecule has 2 aliphatic heterocycles. The quantitative estimate of drug-likeness (QED) is 0.713. The predicted molar refractivity (Wildman–Crippen MR) is 133 cm³/mol. The van der Waals surface area contributed by atoms with Crippen molar-refractivity contribution < 1.29 is 4.79 Å². The molecule has 2 saturated heterocycles. The van der Waals surface area contributed by atoms with E-state index in [1.165, 1.54) is 29.5 Å². The number of nitrogens with one attached hydrogen (secondary N) is 2. The summed E-state index contributed by atoms with van der Waals surface area (Å²) < 4.78 is 0. The van der Waals surface area contributed by atoms with Gasteiger partial charge in [-0.05, 0) is 74.7 Å². The first kappa shape index (κ1) is 21.5. The lowest BCUT2D eigenvalue weighted by atomic mass is 9.90. The van der Waals surface area contributed by atoms with Gasteiger partial charge in [0.2, 0.25) is 5.91 Å². The summed E-state index contributed by atoms with van der Waals surface area (Å²) in [6.45, 7) is 2.17. The van der Waals surface area contributed by atoms with Crippen LogP contribution in [0.2, 0.25) is 0 Å². The largest absolute Gasteiger partial charge is 0.352 e. The second-order valence-electron chi connectivity index (χ2n) is 9.75. The van der Waals surface area contributed by atoms with E-state index in [0.29, 0.717) is 6.04 Å². The zero-order valence-corrected chi connectivity index (χ0v) is 19.3. The number of aromatic amines is 1. The number of hydrogen-bond donors (Lipinski definition) is 2. The summed E-state index contributed by atoms with van der Waals surface area (Å²) in [7, 11) is 4.23. The molecule has 8 heteroatoms. The Morgan fingerprint density at radius 2 is 1.78 bits per heavy atom. The minimum absolute atomic E-state index is 0.0602. The highest BCUT2D eigenvalue weighted by Gasteiger charge is 2.29. The van der Waals surface area contributed by atoms with Crippen LogP contribution in [0.4, 0.5) is 0 Å². The molecule has 6 nitrogen and oxygen atoms in total. The van der Waals surface area contributed by atoms with Crippen molar-refractivity contribution in [3.8, 4) is 11.3 Å². The second kappa shape index (κ2) is 9.28. The maximum Gasteiger partial charge on any atom is 0.236 e. The number of H-pyrrole nitrogens is 1. The van der Waals surface area contributed by atoms with Crippen molar-refractivity contribution in [1.29, 1.82) is 0 Å². The number of benzene rings is 1. The van der Waals surface area contributed by atoms with Gasteiger partial charge in [-0.1, -0.05) is 30.3 Å². The summed E-state index contributed by atoms with van der Waals surface area (Å²) in [5.74, 6) is 1.29. The van der Waals surface area contributed by atoms with Gasteiger partial charge < -0.3 is 19.9 Å². The number of carbonyl (C=O) groups excluding carboxylic acids is 1. The fourth-order valence-electron chi connectivity index (χ4n) is 5.54. The molecule has 2 N–H and O–H groups in total. The third kappa shape index (κ3) is 4.44. The van der Waals surface area contributed by atoms with Gasteiger partial charge in [0.25, 0.3) is 0 Å². The molecule has 1 aliphatic carbocycles. The standard InChI is InChI=1S/C24H33B2N5O/c25-30-13-1-3-21(30)23-27-15-20(29-23)18-7-5-16(6-8-18)17-9-11-19(12-10-17)28-24(32)22-4-2-14-31(22)26/h5-9,15,19,21-22H,1-4,10-14,25-26H2,(H,27,29)(H,28,32). The Bertz CT molecular complexity index is 989. The highest BCUT2D eigenvalue weighted by molar-refractivity contribution is 6.07. The summed E-state index contributed by atoms with van der Waals surface area (Å²) in [6, 6.07) is 9.55. The van der Waals surface area contributed by atoms with Crippen LogP contribution in [0.15, 0.2) is 36.5 Å². The van der Waals surface area contributed by atoms with Gasteiger partial charge in [-0.15, -0.1) is 0 Å². The van der Waals surface area contributed by atoms with Crippen molar-refractivity contribution in [3.05, 3.63) is 47.9 Å². The van der Waals surface area contributed by atoms with Crippen LogP contribution in [0.5, 0.6) is 0 Å². The molecule has 1 amide bonds. The van der Waals surface area contributed by atoms with E-state index < -0.39 is 0 Å². The Labute approximate surface area is 192 Å². The van der Waals surface area contributed by atoms with Crippen LogP contribution in [-0.2, 0) is 4.79 Å². The predicted octanol–water partition coefficient (Wildman–Crippen LogP) is 1.83. The summed E-state index contributed by atoms with van der Waals surface area (Å²) in [4.78, 5) is 25.3. The minimum Gasteiger partial charge on any atom is -0.352 e. The number of imidazole rings is 1. The molecule has 2 fully saturated rings.